The average Bonchev–Trinajstić information content (AvgIpc) is 2.46. The van der Waals surface area contributed by atoms with E-state index >= 15 is 0 Å². The van der Waals surface area contributed by atoms with Crippen LogP contribution in [-0.4, -0.2) is 22.6 Å². The summed E-state index contributed by atoms with van der Waals surface area (Å²) in [5, 5.41) is 27.7. The Morgan fingerprint density at radius 3 is 2.48 bits per heavy atom. The molecule has 1 atom stereocenters. The van der Waals surface area contributed by atoms with Crippen LogP contribution >= 0.6 is 0 Å². The lowest BCUT2D eigenvalue weighted by Crippen LogP contribution is -2.56. The number of hydrogen-bond donors (Lipinski definition) is 4. The summed E-state index contributed by atoms with van der Waals surface area (Å²) >= 11 is 0. The zero-order chi connectivity index (χ0) is 15.0. The predicted molar refractivity (Wildman–Crippen MR) is 81.3 cm³/mol. The van der Waals surface area contributed by atoms with Gasteiger partial charge >= 0.3 is 6.75 Å². The molecule has 21 heavy (non-hydrogen) atoms. The molecule has 2 aromatic carbocycles. The molecule has 0 saturated heterocycles. The lowest BCUT2D eigenvalue weighted by atomic mass is 9.64. The SMILES string of the molecule is N=C(N)c1ccc([C@@H]2Cc3ccccc3[B-](O)(O)O2)cc1. The van der Waals surface area contributed by atoms with Crippen molar-refractivity contribution in [2.24, 2.45) is 5.73 Å². The molecule has 0 aliphatic carbocycles. The number of benzene rings is 2. The van der Waals surface area contributed by atoms with Gasteiger partial charge in [0.15, 0.2) is 0 Å². The Morgan fingerprint density at radius 1 is 1.14 bits per heavy atom. The number of fused-ring (bicyclic) bond motifs is 1. The van der Waals surface area contributed by atoms with Crippen LogP contribution < -0.4 is 11.2 Å². The third-order valence-corrected chi connectivity index (χ3v) is 3.81. The van der Waals surface area contributed by atoms with Gasteiger partial charge in [-0.25, -0.2) is 0 Å². The van der Waals surface area contributed by atoms with Crippen molar-refractivity contribution >= 4 is 18.1 Å². The Kier molecular flexibility index (Phi) is 3.29. The number of nitrogen functional groups attached to an aromatic ring is 1. The minimum absolute atomic E-state index is 0.000611. The fraction of sp³-hybridized carbons (Fsp3) is 0.133. The molecule has 0 spiro atoms. The normalized spacial score (nSPS) is 19.8. The number of nitrogens with one attached hydrogen (secondary N) is 1. The lowest BCUT2D eigenvalue weighted by molar-refractivity contribution is 0.0933. The van der Waals surface area contributed by atoms with Gasteiger partial charge in [0, 0.05) is 11.7 Å². The molecule has 0 radical (unpaired) electrons. The van der Waals surface area contributed by atoms with Crippen LogP contribution in [0, 0.1) is 5.41 Å². The highest BCUT2D eigenvalue weighted by Crippen LogP contribution is 2.29. The van der Waals surface area contributed by atoms with Crippen molar-refractivity contribution in [3.8, 4) is 0 Å². The summed E-state index contributed by atoms with van der Waals surface area (Å²) in [6, 6.07) is 14.2. The number of rotatable bonds is 2. The first-order valence-corrected chi connectivity index (χ1v) is 6.76. The second-order valence-electron chi connectivity index (χ2n) is 5.27. The minimum atomic E-state index is -3.00. The molecule has 1 aliphatic heterocycles. The van der Waals surface area contributed by atoms with E-state index in [0.29, 0.717) is 17.4 Å². The first kappa shape index (κ1) is 13.8. The zero-order valence-corrected chi connectivity index (χ0v) is 11.4. The number of amidine groups is 1. The highest BCUT2D eigenvalue weighted by molar-refractivity contribution is 6.73. The maximum Gasteiger partial charge on any atom is 0.405 e. The number of hydrogen-bond acceptors (Lipinski definition) is 4. The molecule has 0 bridgehead atoms. The van der Waals surface area contributed by atoms with Gasteiger partial charge in [-0.2, -0.15) is 0 Å². The Bertz CT molecular complexity index is 686. The van der Waals surface area contributed by atoms with Gasteiger partial charge in [-0.15, -0.1) is 5.46 Å². The first-order chi connectivity index (χ1) is 9.97. The monoisotopic (exact) mass is 283 g/mol. The summed E-state index contributed by atoms with van der Waals surface area (Å²) in [4.78, 5) is 0. The van der Waals surface area contributed by atoms with Crippen LogP contribution in [0.15, 0.2) is 48.5 Å². The van der Waals surface area contributed by atoms with Gasteiger partial charge in [0.1, 0.15) is 5.84 Å². The topological polar surface area (TPSA) is 99.6 Å². The summed E-state index contributed by atoms with van der Waals surface area (Å²) < 4.78 is 5.48. The fourth-order valence-corrected chi connectivity index (χ4v) is 2.71. The van der Waals surface area contributed by atoms with Gasteiger partial charge in [-0.1, -0.05) is 54.1 Å². The second kappa shape index (κ2) is 5.00. The lowest BCUT2D eigenvalue weighted by Gasteiger charge is -2.42. The summed E-state index contributed by atoms with van der Waals surface area (Å²) in [6.45, 7) is -3.00. The van der Waals surface area contributed by atoms with E-state index in [1.165, 1.54) is 0 Å². The molecule has 2 aromatic rings. The van der Waals surface area contributed by atoms with Crippen LogP contribution in [0.1, 0.15) is 22.8 Å². The largest absolute Gasteiger partial charge is 0.556 e. The number of nitrogens with two attached hydrogens (primary N) is 1. The molecule has 5 N–H and O–H groups in total. The van der Waals surface area contributed by atoms with Gasteiger partial charge < -0.3 is 20.4 Å². The van der Waals surface area contributed by atoms with E-state index in [1.807, 2.05) is 12.1 Å². The van der Waals surface area contributed by atoms with E-state index in [9.17, 15) is 10.0 Å². The van der Waals surface area contributed by atoms with E-state index in [0.717, 1.165) is 11.1 Å². The van der Waals surface area contributed by atoms with Gasteiger partial charge in [0.05, 0.1) is 0 Å². The van der Waals surface area contributed by atoms with Crippen molar-refractivity contribution in [2.75, 3.05) is 0 Å². The van der Waals surface area contributed by atoms with Gasteiger partial charge in [0.2, 0.25) is 0 Å². The van der Waals surface area contributed by atoms with E-state index in [2.05, 4.69) is 0 Å². The molecular weight excluding hydrogens is 267 g/mol. The summed E-state index contributed by atoms with van der Waals surface area (Å²) in [7, 11) is 0. The highest BCUT2D eigenvalue weighted by Gasteiger charge is 2.34. The van der Waals surface area contributed by atoms with Crippen LogP contribution in [0.4, 0.5) is 0 Å². The minimum Gasteiger partial charge on any atom is -0.556 e. The maximum absolute atomic E-state index is 10.1. The van der Waals surface area contributed by atoms with Crippen LogP contribution in [0.3, 0.4) is 0 Å². The summed E-state index contributed by atoms with van der Waals surface area (Å²) in [6.07, 6.45) is 0.135. The Hall–Kier alpha value is -2.15. The van der Waals surface area contributed by atoms with Crippen LogP contribution in [0.25, 0.3) is 0 Å². The third kappa shape index (κ3) is 2.56. The van der Waals surface area contributed by atoms with Crippen LogP contribution in [0.2, 0.25) is 0 Å². The first-order valence-electron chi connectivity index (χ1n) is 6.76. The fourth-order valence-electron chi connectivity index (χ4n) is 2.71. The Morgan fingerprint density at radius 2 is 1.81 bits per heavy atom. The molecule has 0 fully saturated rings. The average molecular weight is 283 g/mol. The molecule has 0 aromatic heterocycles. The van der Waals surface area contributed by atoms with Gasteiger partial charge in [-0.05, 0) is 12.0 Å². The van der Waals surface area contributed by atoms with E-state index in [1.54, 1.807) is 36.4 Å². The van der Waals surface area contributed by atoms with Crippen LogP contribution in [-0.2, 0) is 11.1 Å². The molecule has 1 aliphatic rings. The Balaban J connectivity index is 1.93. The smallest absolute Gasteiger partial charge is 0.405 e. The van der Waals surface area contributed by atoms with Crippen molar-refractivity contribution in [2.45, 2.75) is 12.5 Å². The molecule has 1 heterocycles. The van der Waals surface area contributed by atoms with Crippen molar-refractivity contribution in [3.05, 3.63) is 65.2 Å². The third-order valence-electron chi connectivity index (χ3n) is 3.81. The molecule has 0 unspecified atom stereocenters. The molecule has 108 valence electrons. The molecule has 6 heteroatoms. The predicted octanol–water partition coefficient (Wildman–Crippen LogP) is 0.415. The molecule has 0 amide bonds. The van der Waals surface area contributed by atoms with Crippen molar-refractivity contribution < 1.29 is 14.7 Å². The zero-order valence-electron chi connectivity index (χ0n) is 11.4. The maximum atomic E-state index is 10.1. The van der Waals surface area contributed by atoms with E-state index in [-0.39, 0.29) is 5.84 Å². The van der Waals surface area contributed by atoms with Crippen molar-refractivity contribution in [1.82, 2.24) is 0 Å². The molecule has 5 nitrogen and oxygen atoms in total. The molecular formula is C15H16BN2O3-. The molecule has 0 saturated carbocycles. The highest BCUT2D eigenvalue weighted by atomic mass is 16.6. The van der Waals surface area contributed by atoms with Crippen molar-refractivity contribution in [1.29, 1.82) is 5.41 Å². The van der Waals surface area contributed by atoms with Crippen molar-refractivity contribution in [3.63, 3.8) is 0 Å². The summed E-state index contributed by atoms with van der Waals surface area (Å²) in [5.41, 5.74) is 8.18. The van der Waals surface area contributed by atoms with Gasteiger partial charge in [0.25, 0.3) is 0 Å². The standard InChI is InChI=1S/C15H16BN2O3/c17-15(18)11-7-5-10(6-8-11)14-9-12-3-1-2-4-13(12)16(19,20)21-14/h1-8,14,19-20H,9H2,(H3,17,18)/q-1/t14-/m0/s1. The van der Waals surface area contributed by atoms with E-state index in [4.69, 9.17) is 15.8 Å². The van der Waals surface area contributed by atoms with E-state index < -0.39 is 12.9 Å². The second-order valence-corrected chi connectivity index (χ2v) is 5.27. The van der Waals surface area contributed by atoms with Crippen LogP contribution in [0.5, 0.6) is 0 Å². The summed E-state index contributed by atoms with van der Waals surface area (Å²) in [5.74, 6) is -0.000611. The quantitative estimate of drug-likeness (QED) is 0.364. The van der Waals surface area contributed by atoms with Gasteiger partial charge in [-0.3, -0.25) is 5.41 Å². The Labute approximate surface area is 122 Å². The molecule has 3 rings (SSSR count).